The van der Waals surface area contributed by atoms with Crippen LogP contribution in [0.5, 0.6) is 0 Å². The molecule has 1 amide bonds. The maximum Gasteiger partial charge on any atom is 0.262 e. The number of amides is 1. The van der Waals surface area contributed by atoms with E-state index in [9.17, 15) is 18.0 Å². The van der Waals surface area contributed by atoms with E-state index in [0.29, 0.717) is 35.6 Å². The summed E-state index contributed by atoms with van der Waals surface area (Å²) in [6.45, 7) is 2.65. The number of carbonyl (C=O) groups is 1. The van der Waals surface area contributed by atoms with Crippen LogP contribution in [0.4, 0.5) is 5.69 Å². The number of piperidine rings is 1. The van der Waals surface area contributed by atoms with Crippen molar-refractivity contribution in [3.8, 4) is 5.69 Å². The number of hydrogen-bond acceptors (Lipinski definition) is 6. The molecule has 3 heterocycles. The number of carbonyl (C=O) groups excluding carboxylic acids is 1. The number of benzene rings is 2. The first-order valence-electron chi connectivity index (χ1n) is 11.6. The van der Waals surface area contributed by atoms with Gasteiger partial charge in [0, 0.05) is 19.0 Å². The molecule has 36 heavy (non-hydrogen) atoms. The van der Waals surface area contributed by atoms with Gasteiger partial charge in [-0.3, -0.25) is 14.3 Å². The number of aromatic nitrogens is 4. The molecule has 1 atom stereocenters. The van der Waals surface area contributed by atoms with E-state index in [-0.39, 0.29) is 28.6 Å². The third-order valence-corrected chi connectivity index (χ3v) is 6.87. The maximum absolute atomic E-state index is 13.4. The Hall–Kier alpha value is -3.99. The number of anilines is 1. The molecule has 1 unspecified atom stereocenters. The quantitative estimate of drug-likeness (QED) is 0.428. The van der Waals surface area contributed by atoms with E-state index < -0.39 is 10.0 Å². The Morgan fingerprint density at radius 2 is 1.83 bits per heavy atom. The Kier molecular flexibility index (Phi) is 6.09. The third-order valence-electron chi connectivity index (χ3n) is 6.28. The lowest BCUT2D eigenvalue weighted by Gasteiger charge is -2.32. The van der Waals surface area contributed by atoms with E-state index in [2.05, 4.69) is 14.8 Å². The minimum atomic E-state index is -3.55. The summed E-state index contributed by atoms with van der Waals surface area (Å²) in [7, 11) is -3.55. The smallest absolute Gasteiger partial charge is 0.262 e. The van der Waals surface area contributed by atoms with Crippen LogP contribution in [0.2, 0.25) is 0 Å². The van der Waals surface area contributed by atoms with Crippen LogP contribution in [0.15, 0.2) is 59.4 Å². The number of sulfonamides is 1. The van der Waals surface area contributed by atoms with Crippen molar-refractivity contribution in [2.24, 2.45) is 0 Å². The van der Waals surface area contributed by atoms with E-state index in [1.807, 2.05) is 30.3 Å². The molecule has 10 nitrogen and oxygen atoms in total. The predicted octanol–water partition coefficient (Wildman–Crippen LogP) is 2.81. The van der Waals surface area contributed by atoms with Gasteiger partial charge in [-0.25, -0.2) is 18.1 Å². The van der Waals surface area contributed by atoms with Crippen molar-refractivity contribution in [3.63, 3.8) is 0 Å². The second-order valence-corrected chi connectivity index (χ2v) is 10.7. The van der Waals surface area contributed by atoms with Crippen molar-refractivity contribution < 1.29 is 13.2 Å². The van der Waals surface area contributed by atoms with Gasteiger partial charge >= 0.3 is 0 Å². The number of para-hydroxylation sites is 2. The number of nitrogens with one attached hydrogen (secondary N) is 2. The van der Waals surface area contributed by atoms with E-state index in [0.717, 1.165) is 24.8 Å². The first-order chi connectivity index (χ1) is 17.2. The van der Waals surface area contributed by atoms with Crippen LogP contribution in [0, 0.1) is 6.92 Å². The number of nitrogens with zero attached hydrogens (tertiary/aromatic N) is 4. The molecule has 4 aromatic rings. The van der Waals surface area contributed by atoms with Gasteiger partial charge in [-0.1, -0.05) is 30.3 Å². The highest BCUT2D eigenvalue weighted by atomic mass is 32.2. The van der Waals surface area contributed by atoms with Crippen LogP contribution in [-0.2, 0) is 10.0 Å². The monoisotopic (exact) mass is 506 g/mol. The predicted molar refractivity (Wildman–Crippen MR) is 137 cm³/mol. The lowest BCUT2D eigenvalue weighted by atomic mass is 9.96. The van der Waals surface area contributed by atoms with Gasteiger partial charge in [-0.2, -0.15) is 5.10 Å². The number of aryl methyl sites for hydroxylation is 1. The molecular formula is C25H26N6O4S. The Bertz CT molecular complexity index is 1610. The molecule has 1 aliphatic heterocycles. The van der Waals surface area contributed by atoms with Crippen LogP contribution < -0.4 is 10.3 Å². The molecule has 186 valence electrons. The maximum atomic E-state index is 13.4. The number of likely N-dealkylation sites (tertiary alicyclic amines) is 1. The molecule has 1 fully saturated rings. The highest BCUT2D eigenvalue weighted by molar-refractivity contribution is 7.92. The summed E-state index contributed by atoms with van der Waals surface area (Å²) in [6, 6.07) is 16.0. The van der Waals surface area contributed by atoms with Crippen molar-refractivity contribution in [1.82, 2.24) is 24.6 Å². The fourth-order valence-electron chi connectivity index (χ4n) is 4.66. The molecule has 1 aliphatic rings. The van der Waals surface area contributed by atoms with E-state index >= 15 is 0 Å². The minimum Gasteiger partial charge on any atom is -0.338 e. The van der Waals surface area contributed by atoms with Crippen molar-refractivity contribution >= 4 is 32.7 Å². The number of hydrogen-bond donors (Lipinski definition) is 2. The Morgan fingerprint density at radius 1 is 1.11 bits per heavy atom. The highest BCUT2D eigenvalue weighted by Gasteiger charge is 2.29. The minimum absolute atomic E-state index is 0.186. The van der Waals surface area contributed by atoms with E-state index in [1.54, 1.807) is 40.8 Å². The van der Waals surface area contributed by atoms with Gasteiger partial charge in [0.05, 0.1) is 28.9 Å². The fourth-order valence-corrected chi connectivity index (χ4v) is 5.24. The van der Waals surface area contributed by atoms with Crippen molar-refractivity contribution in [2.75, 3.05) is 24.1 Å². The summed E-state index contributed by atoms with van der Waals surface area (Å²) in [5, 5.41) is 4.98. The molecule has 5 rings (SSSR count). The molecule has 0 bridgehead atoms. The lowest BCUT2D eigenvalue weighted by molar-refractivity contribution is 0.0705. The zero-order chi connectivity index (χ0) is 25.4. The van der Waals surface area contributed by atoms with Gasteiger partial charge < -0.3 is 9.88 Å². The summed E-state index contributed by atoms with van der Waals surface area (Å²) < 4.78 is 27.6. The molecule has 0 radical (unpaired) electrons. The molecule has 2 aromatic carbocycles. The topological polar surface area (TPSA) is 130 Å². The summed E-state index contributed by atoms with van der Waals surface area (Å²) in [5.74, 6) is 0.0407. The van der Waals surface area contributed by atoms with Gasteiger partial charge in [0.25, 0.3) is 11.5 Å². The SMILES string of the molecule is Cc1nn(-c2ccccc2)c2nc(C3CCCN(C(=O)c4ccccc4NS(C)(=O)=O)C3)[nH]c(=O)c12. The van der Waals surface area contributed by atoms with Crippen molar-refractivity contribution in [2.45, 2.75) is 25.7 Å². The summed E-state index contributed by atoms with van der Waals surface area (Å²) in [6.07, 6.45) is 2.52. The number of rotatable bonds is 5. The molecule has 0 spiro atoms. The van der Waals surface area contributed by atoms with Gasteiger partial charge in [0.15, 0.2) is 5.65 Å². The van der Waals surface area contributed by atoms with Crippen LogP contribution in [-0.4, -0.2) is 58.3 Å². The molecular weight excluding hydrogens is 480 g/mol. The van der Waals surface area contributed by atoms with Crippen LogP contribution in [0.1, 0.15) is 40.6 Å². The molecule has 2 N–H and O–H groups in total. The van der Waals surface area contributed by atoms with Crippen LogP contribution >= 0.6 is 0 Å². The second-order valence-electron chi connectivity index (χ2n) is 8.99. The number of H-pyrrole nitrogens is 1. The third kappa shape index (κ3) is 4.61. The largest absolute Gasteiger partial charge is 0.338 e. The summed E-state index contributed by atoms with van der Waals surface area (Å²) in [5.41, 5.74) is 2.12. The Balaban J connectivity index is 1.48. The standard InChI is InChI=1S/C25H26N6O4S/c1-16-21-23(31(28-16)18-10-4-3-5-11-18)26-22(27-24(21)32)17-9-8-14-30(15-17)25(33)19-12-6-7-13-20(19)29-36(2,34)35/h3-7,10-13,17,29H,8-9,14-15H2,1-2H3,(H,26,27,32). The molecule has 0 saturated carbocycles. The molecule has 1 saturated heterocycles. The van der Waals surface area contributed by atoms with Gasteiger partial charge in [-0.15, -0.1) is 0 Å². The first kappa shape index (κ1) is 23.7. The van der Waals surface area contributed by atoms with Crippen molar-refractivity contribution in [1.29, 1.82) is 0 Å². The fraction of sp³-hybridized carbons (Fsp3) is 0.280. The average Bonchev–Trinajstić information content (AvgIpc) is 3.20. The lowest BCUT2D eigenvalue weighted by Crippen LogP contribution is -2.40. The Morgan fingerprint density at radius 3 is 2.58 bits per heavy atom. The van der Waals surface area contributed by atoms with Crippen molar-refractivity contribution in [3.05, 3.63) is 82.0 Å². The summed E-state index contributed by atoms with van der Waals surface area (Å²) in [4.78, 5) is 35.8. The zero-order valence-corrected chi connectivity index (χ0v) is 20.7. The first-order valence-corrected chi connectivity index (χ1v) is 13.5. The van der Waals surface area contributed by atoms with E-state index in [4.69, 9.17) is 4.98 Å². The Labute approximate surface area is 208 Å². The number of fused-ring (bicyclic) bond motifs is 1. The van der Waals surface area contributed by atoms with E-state index in [1.165, 1.54) is 0 Å². The van der Waals surface area contributed by atoms with Crippen LogP contribution in [0.3, 0.4) is 0 Å². The molecule has 0 aliphatic carbocycles. The highest BCUT2D eigenvalue weighted by Crippen LogP contribution is 2.28. The normalized spacial score (nSPS) is 16.3. The number of aromatic amines is 1. The molecule has 2 aromatic heterocycles. The zero-order valence-electron chi connectivity index (χ0n) is 19.9. The van der Waals surface area contributed by atoms with Gasteiger partial charge in [0.1, 0.15) is 11.2 Å². The van der Waals surface area contributed by atoms with Gasteiger partial charge in [-0.05, 0) is 44.0 Å². The van der Waals surface area contributed by atoms with Gasteiger partial charge in [0.2, 0.25) is 10.0 Å². The van der Waals surface area contributed by atoms with Crippen LogP contribution in [0.25, 0.3) is 16.7 Å². The molecule has 11 heteroatoms. The summed E-state index contributed by atoms with van der Waals surface area (Å²) >= 11 is 0. The second kappa shape index (κ2) is 9.23. The average molecular weight is 507 g/mol.